The number of fused-ring (bicyclic) bond motifs is 1. The van der Waals surface area contributed by atoms with Gasteiger partial charge in [-0.05, 0) is 29.8 Å². The van der Waals surface area contributed by atoms with Crippen LogP contribution in [0.25, 0.3) is 5.76 Å². The molecule has 1 heterocycles. The van der Waals surface area contributed by atoms with Crippen molar-refractivity contribution in [3.63, 3.8) is 0 Å². The number of para-hydroxylation sites is 1. The molecule has 0 fully saturated rings. The first kappa shape index (κ1) is 18.5. The quantitative estimate of drug-likeness (QED) is 0.657. The molecule has 2 aromatic carbocycles. The summed E-state index contributed by atoms with van der Waals surface area (Å²) in [6.07, 6.45) is -0.473. The van der Waals surface area contributed by atoms with Gasteiger partial charge in [-0.15, -0.1) is 0 Å². The van der Waals surface area contributed by atoms with Crippen LogP contribution in [-0.4, -0.2) is 24.1 Å². The minimum Gasteiger partial charge on any atom is -0.507 e. The lowest BCUT2D eigenvalue weighted by atomic mass is 10.1. The van der Waals surface area contributed by atoms with Crippen molar-refractivity contribution in [2.75, 3.05) is 12.0 Å². The Labute approximate surface area is 152 Å². The Morgan fingerprint density at radius 3 is 2.44 bits per heavy atom. The van der Waals surface area contributed by atoms with E-state index in [9.17, 15) is 27.9 Å². The number of nitrogens with zero attached hydrogens (tertiary/aromatic N) is 1. The molecule has 8 heteroatoms. The summed E-state index contributed by atoms with van der Waals surface area (Å²) in [6.45, 7) is -0.286. The zero-order valence-electron chi connectivity index (χ0n) is 14.1. The molecule has 0 radical (unpaired) electrons. The molecule has 0 spiro atoms. The van der Waals surface area contributed by atoms with Gasteiger partial charge in [0, 0.05) is 5.56 Å². The van der Waals surface area contributed by atoms with Gasteiger partial charge in [-0.3, -0.25) is 4.79 Å². The average Bonchev–Trinajstić information content (AvgIpc) is 2.76. The Bertz CT molecular complexity index is 948. The minimum atomic E-state index is -1.60. The molecular weight excluding hydrogens is 363 g/mol. The third-order valence-electron chi connectivity index (χ3n) is 4.18. The number of benzene rings is 2. The van der Waals surface area contributed by atoms with E-state index in [1.54, 1.807) is 12.1 Å². The van der Waals surface area contributed by atoms with Crippen molar-refractivity contribution in [1.82, 2.24) is 0 Å². The van der Waals surface area contributed by atoms with Gasteiger partial charge in [-0.2, -0.15) is 0 Å². The number of aliphatic hydroxyl groups is 1. The number of rotatable bonds is 3. The van der Waals surface area contributed by atoms with Crippen LogP contribution in [0.15, 0.2) is 42.0 Å². The van der Waals surface area contributed by atoms with E-state index >= 15 is 0 Å². The van der Waals surface area contributed by atoms with Crippen molar-refractivity contribution >= 4 is 23.3 Å². The van der Waals surface area contributed by atoms with Crippen LogP contribution < -0.4 is 4.90 Å². The first-order chi connectivity index (χ1) is 12.8. The van der Waals surface area contributed by atoms with Gasteiger partial charge in [0.05, 0.1) is 31.3 Å². The van der Waals surface area contributed by atoms with Gasteiger partial charge in [-0.25, -0.2) is 18.0 Å². The number of methoxy groups -OCH3 is 1. The van der Waals surface area contributed by atoms with Gasteiger partial charge in [0.2, 0.25) is 5.91 Å². The molecule has 1 amide bonds. The SMILES string of the molecule is COC(=O)C1=C(O)c2ccccc2N(Cc2cc(F)c(F)c(F)c2)C(=O)C1. The third kappa shape index (κ3) is 3.38. The molecule has 2 aromatic rings. The van der Waals surface area contributed by atoms with E-state index in [-0.39, 0.29) is 28.9 Å². The molecule has 27 heavy (non-hydrogen) atoms. The van der Waals surface area contributed by atoms with Crippen LogP contribution >= 0.6 is 0 Å². The number of hydrogen-bond acceptors (Lipinski definition) is 4. The van der Waals surface area contributed by atoms with Gasteiger partial charge in [0.1, 0.15) is 5.76 Å². The van der Waals surface area contributed by atoms with Crippen molar-refractivity contribution in [2.45, 2.75) is 13.0 Å². The molecule has 0 unspecified atom stereocenters. The van der Waals surface area contributed by atoms with Crippen LogP contribution in [-0.2, 0) is 20.9 Å². The number of ether oxygens (including phenoxy) is 1. The Balaban J connectivity index is 2.07. The zero-order chi connectivity index (χ0) is 19.7. The largest absolute Gasteiger partial charge is 0.507 e. The Morgan fingerprint density at radius 2 is 1.81 bits per heavy atom. The molecule has 0 atom stereocenters. The molecule has 0 aromatic heterocycles. The number of anilines is 1. The Hall–Kier alpha value is -3.29. The monoisotopic (exact) mass is 377 g/mol. The number of halogens is 3. The maximum Gasteiger partial charge on any atom is 0.338 e. The van der Waals surface area contributed by atoms with Crippen LogP contribution in [0.2, 0.25) is 0 Å². The lowest BCUT2D eigenvalue weighted by Crippen LogP contribution is -2.30. The lowest BCUT2D eigenvalue weighted by Gasteiger charge is -2.23. The van der Waals surface area contributed by atoms with Crippen LogP contribution in [0.5, 0.6) is 0 Å². The van der Waals surface area contributed by atoms with Crippen molar-refractivity contribution in [2.24, 2.45) is 0 Å². The average molecular weight is 377 g/mol. The minimum absolute atomic E-state index is 0.00978. The van der Waals surface area contributed by atoms with E-state index in [4.69, 9.17) is 0 Å². The van der Waals surface area contributed by atoms with Crippen molar-refractivity contribution < 1.29 is 32.6 Å². The normalized spacial score (nSPS) is 14.1. The highest BCUT2D eigenvalue weighted by Gasteiger charge is 2.31. The summed E-state index contributed by atoms with van der Waals surface area (Å²) >= 11 is 0. The van der Waals surface area contributed by atoms with Crippen LogP contribution in [0.3, 0.4) is 0 Å². The predicted octanol–water partition coefficient (Wildman–Crippen LogP) is 3.48. The molecule has 1 N–H and O–H groups in total. The molecule has 1 aliphatic heterocycles. The summed E-state index contributed by atoms with van der Waals surface area (Å²) < 4.78 is 44.8. The molecule has 1 aliphatic rings. The molecule has 140 valence electrons. The molecule has 5 nitrogen and oxygen atoms in total. The third-order valence-corrected chi connectivity index (χ3v) is 4.18. The highest BCUT2D eigenvalue weighted by Crippen LogP contribution is 2.34. The van der Waals surface area contributed by atoms with Crippen LogP contribution in [0.4, 0.5) is 18.9 Å². The predicted molar refractivity (Wildman–Crippen MR) is 90.1 cm³/mol. The van der Waals surface area contributed by atoms with Crippen LogP contribution in [0.1, 0.15) is 17.5 Å². The Kier molecular flexibility index (Phi) is 4.89. The van der Waals surface area contributed by atoms with Gasteiger partial charge >= 0.3 is 5.97 Å². The second-order valence-corrected chi connectivity index (χ2v) is 5.87. The maximum absolute atomic E-state index is 13.5. The first-order valence-corrected chi connectivity index (χ1v) is 7.87. The highest BCUT2D eigenvalue weighted by molar-refractivity contribution is 6.09. The second kappa shape index (κ2) is 7.14. The molecule has 3 rings (SSSR count). The van der Waals surface area contributed by atoms with E-state index in [0.29, 0.717) is 0 Å². The summed E-state index contributed by atoms with van der Waals surface area (Å²) in [5.41, 5.74) is 0.209. The summed E-state index contributed by atoms with van der Waals surface area (Å²) in [5, 5.41) is 10.5. The maximum atomic E-state index is 13.5. The second-order valence-electron chi connectivity index (χ2n) is 5.87. The number of amides is 1. The number of carbonyl (C=O) groups excluding carboxylic acids is 2. The van der Waals surface area contributed by atoms with Gasteiger partial charge < -0.3 is 14.7 Å². The summed E-state index contributed by atoms with van der Waals surface area (Å²) in [7, 11) is 1.12. The highest BCUT2D eigenvalue weighted by atomic mass is 19.2. The number of esters is 1. The van der Waals surface area contributed by atoms with Gasteiger partial charge in [0.15, 0.2) is 17.5 Å². The van der Waals surface area contributed by atoms with Gasteiger partial charge in [-0.1, -0.05) is 12.1 Å². The standard InChI is InChI=1S/C19H14F3NO4/c1-27-19(26)12-8-16(24)23(15-5-3-2-4-11(15)18(12)25)9-10-6-13(20)17(22)14(21)7-10/h2-7,25H,8-9H2,1H3. The zero-order valence-corrected chi connectivity index (χ0v) is 14.1. The fourth-order valence-electron chi connectivity index (χ4n) is 2.88. The number of aliphatic hydroxyl groups excluding tert-OH is 1. The Morgan fingerprint density at radius 1 is 1.19 bits per heavy atom. The van der Waals surface area contributed by atoms with E-state index in [1.807, 2.05) is 0 Å². The smallest absolute Gasteiger partial charge is 0.338 e. The lowest BCUT2D eigenvalue weighted by molar-refractivity contribution is -0.137. The molecule has 0 aliphatic carbocycles. The topological polar surface area (TPSA) is 66.8 Å². The van der Waals surface area contributed by atoms with Crippen molar-refractivity contribution in [1.29, 1.82) is 0 Å². The summed E-state index contributed by atoms with van der Waals surface area (Å²) in [5.74, 6) is -6.24. The number of carbonyl (C=O) groups is 2. The van der Waals surface area contributed by atoms with E-state index < -0.39 is 41.5 Å². The number of hydrogen-bond donors (Lipinski definition) is 1. The fourth-order valence-corrected chi connectivity index (χ4v) is 2.88. The fraction of sp³-hybridized carbons (Fsp3) is 0.158. The molecule has 0 saturated carbocycles. The molecule has 0 saturated heterocycles. The van der Waals surface area contributed by atoms with Crippen molar-refractivity contribution in [3.05, 3.63) is 70.5 Å². The first-order valence-electron chi connectivity index (χ1n) is 7.87. The van der Waals surface area contributed by atoms with E-state index in [0.717, 1.165) is 24.1 Å². The van der Waals surface area contributed by atoms with Gasteiger partial charge in [0.25, 0.3) is 0 Å². The van der Waals surface area contributed by atoms with E-state index in [2.05, 4.69) is 4.74 Å². The van der Waals surface area contributed by atoms with E-state index in [1.165, 1.54) is 12.1 Å². The molecular formula is C19H14F3NO4. The summed E-state index contributed by atoms with van der Waals surface area (Å²) in [6, 6.07) is 7.77. The molecule has 0 bridgehead atoms. The van der Waals surface area contributed by atoms with Crippen molar-refractivity contribution in [3.8, 4) is 0 Å². The van der Waals surface area contributed by atoms with Crippen LogP contribution in [0, 0.1) is 17.5 Å². The summed E-state index contributed by atoms with van der Waals surface area (Å²) in [4.78, 5) is 25.8.